The fraction of sp³-hybridized carbons (Fsp3) is 1.00. The van der Waals surface area contributed by atoms with Gasteiger partial charge in [0.25, 0.3) is 0 Å². The molecule has 1 fully saturated rings. The molecule has 0 aliphatic heterocycles. The van der Waals surface area contributed by atoms with Crippen LogP contribution in [0.15, 0.2) is 0 Å². The Morgan fingerprint density at radius 2 is 1.94 bits per heavy atom. The Morgan fingerprint density at radius 3 is 2.47 bits per heavy atom. The lowest BCUT2D eigenvalue weighted by Gasteiger charge is -2.33. The van der Waals surface area contributed by atoms with E-state index in [4.69, 9.17) is 4.74 Å². The summed E-state index contributed by atoms with van der Waals surface area (Å²) in [4.78, 5) is 0. The molecule has 0 aromatic heterocycles. The number of aliphatic hydroxyl groups excluding tert-OH is 1. The van der Waals surface area contributed by atoms with Crippen molar-refractivity contribution in [2.75, 3.05) is 6.61 Å². The van der Waals surface area contributed by atoms with E-state index < -0.39 is 18.2 Å². The monoisotopic (exact) mass is 254 g/mol. The van der Waals surface area contributed by atoms with E-state index in [2.05, 4.69) is 0 Å². The number of halogens is 3. The van der Waals surface area contributed by atoms with E-state index in [9.17, 15) is 18.3 Å². The maximum Gasteiger partial charge on any atom is 0.391 e. The fourth-order valence-electron chi connectivity index (χ4n) is 2.30. The molecule has 102 valence electrons. The second-order valence-corrected chi connectivity index (χ2v) is 5.11. The topological polar surface area (TPSA) is 29.5 Å². The first-order valence-corrected chi connectivity index (χ1v) is 6.17. The van der Waals surface area contributed by atoms with Gasteiger partial charge < -0.3 is 9.84 Å². The van der Waals surface area contributed by atoms with Crippen LogP contribution in [-0.4, -0.2) is 30.1 Å². The lowest BCUT2D eigenvalue weighted by atomic mass is 9.78. The summed E-state index contributed by atoms with van der Waals surface area (Å²) in [5.41, 5.74) is 0. The van der Waals surface area contributed by atoms with Crippen molar-refractivity contribution in [3.63, 3.8) is 0 Å². The summed E-state index contributed by atoms with van der Waals surface area (Å²) in [7, 11) is 0. The van der Waals surface area contributed by atoms with Gasteiger partial charge in [0.15, 0.2) is 0 Å². The average Bonchev–Trinajstić information content (AvgIpc) is 2.25. The second-order valence-electron chi connectivity index (χ2n) is 5.11. The highest BCUT2D eigenvalue weighted by atomic mass is 19.4. The van der Waals surface area contributed by atoms with Gasteiger partial charge in [-0.1, -0.05) is 6.42 Å². The molecule has 0 aromatic rings. The Kier molecular flexibility index (Phi) is 5.25. The zero-order valence-electron chi connectivity index (χ0n) is 10.3. The molecule has 0 aromatic carbocycles. The van der Waals surface area contributed by atoms with E-state index in [0.717, 1.165) is 0 Å². The molecule has 0 spiro atoms. The quantitative estimate of drug-likeness (QED) is 0.835. The first kappa shape index (κ1) is 14.8. The summed E-state index contributed by atoms with van der Waals surface area (Å²) in [5, 5.41) is 9.81. The zero-order valence-corrected chi connectivity index (χ0v) is 10.3. The van der Waals surface area contributed by atoms with E-state index in [-0.39, 0.29) is 31.5 Å². The molecule has 1 aliphatic rings. The van der Waals surface area contributed by atoms with Gasteiger partial charge in [-0.15, -0.1) is 0 Å². The van der Waals surface area contributed by atoms with Crippen molar-refractivity contribution in [1.82, 2.24) is 0 Å². The zero-order chi connectivity index (χ0) is 13.1. The van der Waals surface area contributed by atoms with Gasteiger partial charge in [0.05, 0.1) is 24.7 Å². The van der Waals surface area contributed by atoms with Crippen LogP contribution in [0.3, 0.4) is 0 Å². The SMILES string of the molecule is CC(C)OCC(O)C1CCCC(C(F)(F)F)C1. The van der Waals surface area contributed by atoms with Gasteiger partial charge in [0.1, 0.15) is 0 Å². The molecule has 0 saturated heterocycles. The van der Waals surface area contributed by atoms with Crippen LogP contribution in [0.2, 0.25) is 0 Å². The molecule has 0 bridgehead atoms. The van der Waals surface area contributed by atoms with Crippen molar-refractivity contribution in [2.24, 2.45) is 11.8 Å². The van der Waals surface area contributed by atoms with Crippen LogP contribution in [0.4, 0.5) is 13.2 Å². The molecule has 1 N–H and O–H groups in total. The molecule has 3 atom stereocenters. The lowest BCUT2D eigenvalue weighted by Crippen LogP contribution is -2.35. The van der Waals surface area contributed by atoms with Crippen LogP contribution in [0.25, 0.3) is 0 Å². The highest BCUT2D eigenvalue weighted by molar-refractivity contribution is 4.81. The smallest absolute Gasteiger partial charge is 0.390 e. The Morgan fingerprint density at radius 1 is 1.29 bits per heavy atom. The first-order valence-electron chi connectivity index (χ1n) is 6.17. The molecule has 1 rings (SSSR count). The van der Waals surface area contributed by atoms with E-state index in [1.165, 1.54) is 0 Å². The normalized spacial score (nSPS) is 28.4. The van der Waals surface area contributed by atoms with Gasteiger partial charge in [0, 0.05) is 0 Å². The minimum Gasteiger partial charge on any atom is -0.390 e. The minimum absolute atomic E-state index is 0.00773. The van der Waals surface area contributed by atoms with Gasteiger partial charge in [0.2, 0.25) is 0 Å². The Labute approximate surface area is 100 Å². The molecule has 1 saturated carbocycles. The number of hydrogen-bond donors (Lipinski definition) is 1. The van der Waals surface area contributed by atoms with E-state index in [0.29, 0.717) is 12.8 Å². The van der Waals surface area contributed by atoms with Crippen molar-refractivity contribution in [1.29, 1.82) is 0 Å². The summed E-state index contributed by atoms with van der Waals surface area (Å²) in [6.45, 7) is 3.81. The Bertz CT molecular complexity index is 228. The van der Waals surface area contributed by atoms with Gasteiger partial charge in [-0.3, -0.25) is 0 Å². The van der Waals surface area contributed by atoms with Crippen LogP contribution in [-0.2, 0) is 4.74 Å². The molecule has 0 heterocycles. The second kappa shape index (κ2) is 6.05. The number of hydrogen-bond acceptors (Lipinski definition) is 2. The highest BCUT2D eigenvalue weighted by Gasteiger charge is 2.43. The number of alkyl halides is 3. The molecule has 0 radical (unpaired) electrons. The van der Waals surface area contributed by atoms with E-state index in [1.807, 2.05) is 13.8 Å². The van der Waals surface area contributed by atoms with Gasteiger partial charge in [-0.25, -0.2) is 0 Å². The van der Waals surface area contributed by atoms with Crippen LogP contribution < -0.4 is 0 Å². The number of rotatable bonds is 4. The predicted octanol–water partition coefficient (Wildman–Crippen LogP) is 3.14. The lowest BCUT2D eigenvalue weighted by molar-refractivity contribution is -0.190. The standard InChI is InChI=1S/C12H21F3O2/c1-8(2)17-7-11(16)9-4-3-5-10(6-9)12(13,14)15/h8-11,16H,3-7H2,1-2H3. The highest BCUT2D eigenvalue weighted by Crippen LogP contribution is 2.40. The number of ether oxygens (including phenoxy) is 1. The molecule has 1 aliphatic carbocycles. The maximum atomic E-state index is 12.6. The van der Waals surface area contributed by atoms with Crippen LogP contribution >= 0.6 is 0 Å². The summed E-state index contributed by atoms with van der Waals surface area (Å²) in [6.07, 6.45) is -3.49. The summed E-state index contributed by atoms with van der Waals surface area (Å²) >= 11 is 0. The largest absolute Gasteiger partial charge is 0.391 e. The van der Waals surface area contributed by atoms with Crippen molar-refractivity contribution >= 4 is 0 Å². The van der Waals surface area contributed by atoms with E-state index in [1.54, 1.807) is 0 Å². The minimum atomic E-state index is -4.13. The van der Waals surface area contributed by atoms with Gasteiger partial charge >= 0.3 is 6.18 Å². The Hall–Kier alpha value is -0.290. The molecule has 17 heavy (non-hydrogen) atoms. The molecule has 3 unspecified atom stereocenters. The van der Waals surface area contributed by atoms with Crippen LogP contribution in [0, 0.1) is 11.8 Å². The van der Waals surface area contributed by atoms with Crippen molar-refractivity contribution in [2.45, 2.75) is 57.9 Å². The van der Waals surface area contributed by atoms with Crippen molar-refractivity contribution in [3.05, 3.63) is 0 Å². The number of aliphatic hydroxyl groups is 1. The third-order valence-corrected chi connectivity index (χ3v) is 3.32. The molecule has 5 heteroatoms. The van der Waals surface area contributed by atoms with Crippen molar-refractivity contribution < 1.29 is 23.0 Å². The molecular formula is C12H21F3O2. The summed E-state index contributed by atoms with van der Waals surface area (Å²) in [6, 6.07) is 0. The average molecular weight is 254 g/mol. The molecule has 2 nitrogen and oxygen atoms in total. The first-order chi connectivity index (χ1) is 7.80. The third kappa shape index (κ3) is 4.84. The summed E-state index contributed by atoms with van der Waals surface area (Å²) < 4.78 is 43.0. The molecule has 0 amide bonds. The van der Waals surface area contributed by atoms with Crippen molar-refractivity contribution in [3.8, 4) is 0 Å². The fourth-order valence-corrected chi connectivity index (χ4v) is 2.30. The third-order valence-electron chi connectivity index (χ3n) is 3.32. The van der Waals surface area contributed by atoms with Crippen LogP contribution in [0.5, 0.6) is 0 Å². The van der Waals surface area contributed by atoms with Gasteiger partial charge in [-0.2, -0.15) is 13.2 Å². The summed E-state index contributed by atoms with van der Waals surface area (Å²) in [5.74, 6) is -1.54. The van der Waals surface area contributed by atoms with Crippen LogP contribution in [0.1, 0.15) is 39.5 Å². The van der Waals surface area contributed by atoms with E-state index >= 15 is 0 Å². The predicted molar refractivity (Wildman–Crippen MR) is 58.6 cm³/mol. The Balaban J connectivity index is 2.43. The van der Waals surface area contributed by atoms with Gasteiger partial charge in [-0.05, 0) is 39.0 Å². The molecular weight excluding hydrogens is 233 g/mol. The maximum absolute atomic E-state index is 12.6.